The number of halogens is 1. The van der Waals surface area contributed by atoms with Gasteiger partial charge in [0.15, 0.2) is 11.6 Å². The van der Waals surface area contributed by atoms with Crippen LogP contribution in [0, 0.1) is 0 Å². The summed E-state index contributed by atoms with van der Waals surface area (Å²) in [5.74, 6) is 1.24. The number of piperazine rings is 1. The number of aromatic nitrogens is 2. The van der Waals surface area contributed by atoms with Crippen molar-refractivity contribution in [3.05, 3.63) is 46.4 Å². The van der Waals surface area contributed by atoms with E-state index in [0.717, 1.165) is 42.0 Å². The molecule has 6 nitrogen and oxygen atoms in total. The Hall–Kier alpha value is -1.99. The first-order chi connectivity index (χ1) is 11.6. The molecule has 0 atom stereocenters. The molecule has 1 saturated heterocycles. The van der Waals surface area contributed by atoms with Crippen LogP contribution in [0.25, 0.3) is 0 Å². The van der Waals surface area contributed by atoms with E-state index >= 15 is 0 Å². The molecule has 0 unspecified atom stereocenters. The fraction of sp³-hybridized carbons (Fsp3) is 0.353. The zero-order chi connectivity index (χ0) is 16.9. The van der Waals surface area contributed by atoms with E-state index in [9.17, 15) is 4.79 Å². The van der Waals surface area contributed by atoms with Gasteiger partial charge in [0.05, 0.1) is 6.42 Å². The Bertz CT molecular complexity index is 681. The van der Waals surface area contributed by atoms with E-state index in [1.807, 2.05) is 30.3 Å². The van der Waals surface area contributed by atoms with Gasteiger partial charge in [-0.05, 0) is 36.9 Å². The highest BCUT2D eigenvalue weighted by molar-refractivity contribution is 9.10. The van der Waals surface area contributed by atoms with Gasteiger partial charge in [0.25, 0.3) is 0 Å². The minimum Gasteiger partial charge on any atom is -0.353 e. The highest BCUT2D eigenvalue weighted by atomic mass is 79.9. The Morgan fingerprint density at radius 1 is 1.08 bits per heavy atom. The molecule has 0 aliphatic carbocycles. The van der Waals surface area contributed by atoms with Gasteiger partial charge < -0.3 is 15.1 Å². The summed E-state index contributed by atoms with van der Waals surface area (Å²) in [5, 5.41) is 11.2. The van der Waals surface area contributed by atoms with Crippen molar-refractivity contribution in [1.29, 1.82) is 0 Å². The number of nitrogens with zero attached hydrogens (tertiary/aromatic N) is 4. The summed E-state index contributed by atoms with van der Waals surface area (Å²) in [6, 6.07) is 11.4. The second kappa shape index (κ2) is 7.72. The van der Waals surface area contributed by atoms with Gasteiger partial charge in [-0.15, -0.1) is 10.2 Å². The first-order valence-electron chi connectivity index (χ1n) is 7.92. The quantitative estimate of drug-likeness (QED) is 0.867. The van der Waals surface area contributed by atoms with Gasteiger partial charge in [0.1, 0.15) is 0 Å². The van der Waals surface area contributed by atoms with E-state index in [4.69, 9.17) is 0 Å². The third-order valence-corrected chi connectivity index (χ3v) is 4.55. The van der Waals surface area contributed by atoms with Crippen LogP contribution in [0.15, 0.2) is 40.9 Å². The Morgan fingerprint density at radius 2 is 1.79 bits per heavy atom. The van der Waals surface area contributed by atoms with Gasteiger partial charge in [0, 0.05) is 30.7 Å². The summed E-state index contributed by atoms with van der Waals surface area (Å²) in [6.07, 6.45) is 0.315. The number of rotatable bonds is 4. The van der Waals surface area contributed by atoms with Crippen molar-refractivity contribution in [3.63, 3.8) is 0 Å². The number of carbonyl (C=O) groups excluding carboxylic acids is 1. The van der Waals surface area contributed by atoms with Crippen molar-refractivity contribution in [3.8, 4) is 0 Å². The van der Waals surface area contributed by atoms with Crippen LogP contribution in [0.1, 0.15) is 5.56 Å². The molecule has 3 rings (SSSR count). The molecular weight excluding hydrogens is 370 g/mol. The lowest BCUT2D eigenvalue weighted by Gasteiger charge is -2.32. The molecule has 0 radical (unpaired) electrons. The van der Waals surface area contributed by atoms with Gasteiger partial charge in [-0.2, -0.15) is 0 Å². The molecule has 0 bridgehead atoms. The van der Waals surface area contributed by atoms with E-state index < -0.39 is 0 Å². The van der Waals surface area contributed by atoms with E-state index in [-0.39, 0.29) is 5.91 Å². The van der Waals surface area contributed by atoms with Gasteiger partial charge >= 0.3 is 0 Å². The first kappa shape index (κ1) is 16.9. The lowest BCUT2D eigenvalue weighted by molar-refractivity contribution is -0.115. The standard InChI is InChI=1S/C17H20BrN5O/c1-22-8-10-23(11-9-22)16-7-6-15(20-21-16)19-17(24)12-13-2-4-14(18)5-3-13/h2-7H,8-12H2,1H3,(H,19,20,24). The lowest BCUT2D eigenvalue weighted by Crippen LogP contribution is -2.44. The van der Waals surface area contributed by atoms with Gasteiger partial charge in [-0.25, -0.2) is 0 Å². The molecule has 24 heavy (non-hydrogen) atoms. The third kappa shape index (κ3) is 4.52. The zero-order valence-electron chi connectivity index (χ0n) is 13.6. The van der Waals surface area contributed by atoms with Crippen molar-refractivity contribution in [2.24, 2.45) is 0 Å². The van der Waals surface area contributed by atoms with Gasteiger partial charge in [0.2, 0.25) is 5.91 Å². The zero-order valence-corrected chi connectivity index (χ0v) is 15.2. The summed E-state index contributed by atoms with van der Waals surface area (Å²) in [4.78, 5) is 16.6. The highest BCUT2D eigenvalue weighted by Gasteiger charge is 2.15. The van der Waals surface area contributed by atoms with Crippen molar-refractivity contribution in [2.75, 3.05) is 43.4 Å². The predicted octanol–water partition coefficient (Wildman–Crippen LogP) is 2.17. The maximum Gasteiger partial charge on any atom is 0.229 e. The molecule has 7 heteroatoms. The molecule has 1 aliphatic rings. The lowest BCUT2D eigenvalue weighted by atomic mass is 10.1. The number of hydrogen-bond donors (Lipinski definition) is 1. The highest BCUT2D eigenvalue weighted by Crippen LogP contribution is 2.14. The SMILES string of the molecule is CN1CCN(c2ccc(NC(=O)Cc3ccc(Br)cc3)nn2)CC1. The monoisotopic (exact) mass is 389 g/mol. The fourth-order valence-corrected chi connectivity index (χ4v) is 2.84. The Labute approximate surface area is 150 Å². The van der Waals surface area contributed by atoms with Crippen molar-refractivity contribution >= 4 is 33.5 Å². The number of carbonyl (C=O) groups is 1. The fourth-order valence-electron chi connectivity index (χ4n) is 2.57. The number of amides is 1. The number of benzene rings is 1. The molecule has 0 spiro atoms. The Kier molecular flexibility index (Phi) is 5.42. The molecule has 1 aromatic heterocycles. The molecule has 126 valence electrons. The minimum absolute atomic E-state index is 0.0982. The topological polar surface area (TPSA) is 61.4 Å². The average molecular weight is 390 g/mol. The molecule has 0 saturated carbocycles. The molecule has 2 heterocycles. The van der Waals surface area contributed by atoms with E-state index in [1.54, 1.807) is 6.07 Å². The van der Waals surface area contributed by atoms with Gasteiger partial charge in [-0.3, -0.25) is 4.79 Å². The molecule has 1 fully saturated rings. The summed E-state index contributed by atoms with van der Waals surface area (Å²) >= 11 is 3.38. The summed E-state index contributed by atoms with van der Waals surface area (Å²) in [7, 11) is 2.12. The Morgan fingerprint density at radius 3 is 2.42 bits per heavy atom. The van der Waals surface area contributed by atoms with Crippen LogP contribution < -0.4 is 10.2 Å². The largest absolute Gasteiger partial charge is 0.353 e. The number of anilines is 2. The average Bonchev–Trinajstić information content (AvgIpc) is 2.58. The van der Waals surface area contributed by atoms with Gasteiger partial charge in [-0.1, -0.05) is 28.1 Å². The van der Waals surface area contributed by atoms with Crippen LogP contribution in [0.2, 0.25) is 0 Å². The maximum atomic E-state index is 12.1. The van der Waals surface area contributed by atoms with Crippen LogP contribution in [-0.2, 0) is 11.2 Å². The van der Waals surface area contributed by atoms with Crippen LogP contribution in [-0.4, -0.2) is 54.2 Å². The number of nitrogens with one attached hydrogen (secondary N) is 1. The van der Waals surface area contributed by atoms with Crippen LogP contribution in [0.5, 0.6) is 0 Å². The second-order valence-electron chi connectivity index (χ2n) is 5.92. The Balaban J connectivity index is 1.55. The second-order valence-corrected chi connectivity index (χ2v) is 6.83. The third-order valence-electron chi connectivity index (χ3n) is 4.02. The molecular formula is C17H20BrN5O. The maximum absolute atomic E-state index is 12.1. The number of hydrogen-bond acceptors (Lipinski definition) is 5. The molecule has 2 aromatic rings. The normalized spacial score (nSPS) is 15.3. The van der Waals surface area contributed by atoms with Crippen LogP contribution >= 0.6 is 15.9 Å². The van der Waals surface area contributed by atoms with Crippen molar-refractivity contribution in [1.82, 2.24) is 15.1 Å². The van der Waals surface area contributed by atoms with Crippen LogP contribution in [0.3, 0.4) is 0 Å². The van der Waals surface area contributed by atoms with Crippen molar-refractivity contribution in [2.45, 2.75) is 6.42 Å². The molecule has 1 N–H and O–H groups in total. The smallest absolute Gasteiger partial charge is 0.229 e. The molecule has 1 aromatic carbocycles. The first-order valence-corrected chi connectivity index (χ1v) is 8.71. The molecule has 1 aliphatic heterocycles. The van der Waals surface area contributed by atoms with E-state index in [0.29, 0.717) is 12.2 Å². The van der Waals surface area contributed by atoms with E-state index in [1.165, 1.54) is 0 Å². The van der Waals surface area contributed by atoms with Crippen LogP contribution in [0.4, 0.5) is 11.6 Å². The van der Waals surface area contributed by atoms with Crippen molar-refractivity contribution < 1.29 is 4.79 Å². The summed E-state index contributed by atoms with van der Waals surface area (Å²) in [6.45, 7) is 3.93. The minimum atomic E-state index is -0.0982. The van der Waals surface area contributed by atoms with E-state index in [2.05, 4.69) is 48.3 Å². The summed E-state index contributed by atoms with van der Waals surface area (Å²) in [5.41, 5.74) is 0.956. The molecule has 1 amide bonds. The summed E-state index contributed by atoms with van der Waals surface area (Å²) < 4.78 is 0.997. The predicted molar refractivity (Wildman–Crippen MR) is 98.2 cm³/mol. The number of likely N-dealkylation sites (N-methyl/N-ethyl adjacent to an activating group) is 1.